The Morgan fingerprint density at radius 1 is 1.06 bits per heavy atom. The molecule has 32 heavy (non-hydrogen) atoms. The van der Waals surface area contributed by atoms with Gasteiger partial charge in [0, 0.05) is 10.9 Å². The monoisotopic (exact) mass is 468 g/mol. The highest BCUT2D eigenvalue weighted by Crippen LogP contribution is 2.30. The van der Waals surface area contributed by atoms with Crippen LogP contribution in [0.5, 0.6) is 5.75 Å². The Morgan fingerprint density at radius 2 is 1.84 bits per heavy atom. The number of nitrogens with zero attached hydrogens (tertiary/aromatic N) is 1. The molecule has 2 heterocycles. The standard InChI is InChI=1S/C25H28N2O3S2/c1-30-20-11-5-8-18(16-20)23(24(28)26-19-9-3-2-4-10-19)27(17-21-12-6-14-31-21)25(29)22-13-7-15-32-22/h5-8,11-16,19,23H,2-4,9-10,17H2,1H3,(H,26,28). The first-order valence-electron chi connectivity index (χ1n) is 11.0. The van der Waals surface area contributed by atoms with E-state index in [4.69, 9.17) is 4.74 Å². The van der Waals surface area contributed by atoms with E-state index in [0.717, 1.165) is 36.1 Å². The predicted octanol–water partition coefficient (Wildman–Crippen LogP) is 5.65. The zero-order valence-electron chi connectivity index (χ0n) is 18.2. The Labute approximate surface area is 197 Å². The summed E-state index contributed by atoms with van der Waals surface area (Å²) < 4.78 is 5.42. The number of benzene rings is 1. The number of carbonyl (C=O) groups excluding carboxylic acids is 2. The van der Waals surface area contributed by atoms with Gasteiger partial charge in [-0.2, -0.15) is 0 Å². The fourth-order valence-electron chi connectivity index (χ4n) is 4.20. The highest BCUT2D eigenvalue weighted by Gasteiger charge is 2.34. The maximum atomic E-state index is 13.7. The van der Waals surface area contributed by atoms with Gasteiger partial charge in [0.25, 0.3) is 5.91 Å². The summed E-state index contributed by atoms with van der Waals surface area (Å²) in [6.07, 6.45) is 5.44. The van der Waals surface area contributed by atoms with Crippen molar-refractivity contribution in [2.24, 2.45) is 0 Å². The fraction of sp³-hybridized carbons (Fsp3) is 0.360. The Bertz CT molecular complexity index is 1010. The summed E-state index contributed by atoms with van der Waals surface area (Å²) in [5.41, 5.74) is 0.749. The second kappa shape index (κ2) is 10.8. The molecule has 1 fully saturated rings. The molecule has 1 N–H and O–H groups in total. The number of carbonyl (C=O) groups is 2. The minimum absolute atomic E-state index is 0.133. The van der Waals surface area contributed by atoms with Crippen LogP contribution in [0.4, 0.5) is 0 Å². The molecule has 1 saturated carbocycles. The van der Waals surface area contributed by atoms with E-state index in [-0.39, 0.29) is 17.9 Å². The van der Waals surface area contributed by atoms with Crippen molar-refractivity contribution in [2.75, 3.05) is 7.11 Å². The van der Waals surface area contributed by atoms with E-state index in [0.29, 0.717) is 17.2 Å². The zero-order chi connectivity index (χ0) is 22.3. The highest BCUT2D eigenvalue weighted by molar-refractivity contribution is 7.12. The molecule has 3 aromatic rings. The second-order valence-electron chi connectivity index (χ2n) is 8.01. The number of thiophene rings is 2. The minimum atomic E-state index is -0.747. The molecule has 1 aromatic carbocycles. The van der Waals surface area contributed by atoms with E-state index in [1.54, 1.807) is 23.3 Å². The Kier molecular flexibility index (Phi) is 7.60. The van der Waals surface area contributed by atoms with Crippen LogP contribution >= 0.6 is 22.7 Å². The van der Waals surface area contributed by atoms with E-state index in [1.807, 2.05) is 59.3 Å². The fourth-order valence-corrected chi connectivity index (χ4v) is 5.59. The van der Waals surface area contributed by atoms with Crippen LogP contribution in [0.25, 0.3) is 0 Å². The topological polar surface area (TPSA) is 58.6 Å². The summed E-state index contributed by atoms with van der Waals surface area (Å²) in [4.78, 5) is 30.7. The van der Waals surface area contributed by atoms with E-state index in [2.05, 4.69) is 5.32 Å². The van der Waals surface area contributed by atoms with Crippen LogP contribution in [0.1, 0.15) is 58.3 Å². The smallest absolute Gasteiger partial charge is 0.265 e. The molecule has 2 amide bonds. The molecule has 0 aliphatic heterocycles. The summed E-state index contributed by atoms with van der Waals surface area (Å²) >= 11 is 2.98. The normalized spacial score (nSPS) is 15.2. The molecule has 0 saturated heterocycles. The van der Waals surface area contributed by atoms with Crippen molar-refractivity contribution in [1.29, 1.82) is 0 Å². The summed E-state index contributed by atoms with van der Waals surface area (Å²) in [5.74, 6) is 0.393. The molecule has 0 radical (unpaired) electrons. The lowest BCUT2D eigenvalue weighted by atomic mass is 9.94. The molecule has 1 atom stereocenters. The van der Waals surface area contributed by atoms with Crippen LogP contribution < -0.4 is 10.1 Å². The first kappa shape index (κ1) is 22.6. The average Bonchev–Trinajstić information content (AvgIpc) is 3.54. The molecule has 5 nitrogen and oxygen atoms in total. The van der Waals surface area contributed by atoms with Crippen LogP contribution in [-0.4, -0.2) is 29.9 Å². The van der Waals surface area contributed by atoms with Gasteiger partial charge in [-0.05, 0) is 53.4 Å². The van der Waals surface area contributed by atoms with E-state index in [1.165, 1.54) is 17.8 Å². The lowest BCUT2D eigenvalue weighted by molar-refractivity contribution is -0.127. The molecule has 0 bridgehead atoms. The first-order chi connectivity index (χ1) is 15.7. The van der Waals surface area contributed by atoms with Crippen LogP contribution in [0, 0.1) is 0 Å². The summed E-state index contributed by atoms with van der Waals surface area (Å²) in [6, 6.07) is 14.5. The van der Waals surface area contributed by atoms with Gasteiger partial charge in [-0.25, -0.2) is 0 Å². The molecule has 1 unspecified atom stereocenters. The van der Waals surface area contributed by atoms with Gasteiger partial charge in [-0.3, -0.25) is 9.59 Å². The number of ether oxygens (including phenoxy) is 1. The maximum Gasteiger partial charge on any atom is 0.265 e. The zero-order valence-corrected chi connectivity index (χ0v) is 19.8. The van der Waals surface area contributed by atoms with E-state index < -0.39 is 6.04 Å². The Hall–Kier alpha value is -2.64. The number of amides is 2. The molecule has 0 spiro atoms. The molecule has 1 aliphatic carbocycles. The third-order valence-electron chi connectivity index (χ3n) is 5.82. The number of hydrogen-bond donors (Lipinski definition) is 1. The molecular formula is C25H28N2O3S2. The van der Waals surface area contributed by atoms with Gasteiger partial charge in [0.15, 0.2) is 0 Å². The van der Waals surface area contributed by atoms with Crippen molar-refractivity contribution in [1.82, 2.24) is 10.2 Å². The molecule has 168 valence electrons. The predicted molar refractivity (Wildman–Crippen MR) is 129 cm³/mol. The first-order valence-corrected chi connectivity index (χ1v) is 12.7. The van der Waals surface area contributed by atoms with Crippen LogP contribution in [0.15, 0.2) is 59.3 Å². The molecule has 1 aliphatic rings. The third kappa shape index (κ3) is 5.40. The van der Waals surface area contributed by atoms with Gasteiger partial charge in [-0.1, -0.05) is 43.5 Å². The second-order valence-corrected chi connectivity index (χ2v) is 9.99. The van der Waals surface area contributed by atoms with Crippen molar-refractivity contribution in [3.8, 4) is 5.75 Å². The van der Waals surface area contributed by atoms with Crippen molar-refractivity contribution in [3.05, 3.63) is 74.6 Å². The van der Waals surface area contributed by atoms with Gasteiger partial charge in [0.05, 0.1) is 18.5 Å². The van der Waals surface area contributed by atoms with Gasteiger partial charge in [-0.15, -0.1) is 22.7 Å². The number of nitrogens with one attached hydrogen (secondary N) is 1. The van der Waals surface area contributed by atoms with Crippen molar-refractivity contribution < 1.29 is 14.3 Å². The summed E-state index contributed by atoms with van der Waals surface area (Å²) in [5, 5.41) is 7.13. The van der Waals surface area contributed by atoms with Gasteiger partial charge in [0.1, 0.15) is 11.8 Å². The largest absolute Gasteiger partial charge is 0.497 e. The number of hydrogen-bond acceptors (Lipinski definition) is 5. The highest BCUT2D eigenvalue weighted by atomic mass is 32.1. The summed E-state index contributed by atoms with van der Waals surface area (Å²) in [6.45, 7) is 0.369. The summed E-state index contributed by atoms with van der Waals surface area (Å²) in [7, 11) is 1.61. The van der Waals surface area contributed by atoms with Crippen LogP contribution in [0.3, 0.4) is 0 Å². The maximum absolute atomic E-state index is 13.7. The Morgan fingerprint density at radius 3 is 2.53 bits per heavy atom. The SMILES string of the molecule is COc1cccc(C(C(=O)NC2CCCCC2)N(Cc2cccs2)C(=O)c2cccs2)c1. The van der Waals surface area contributed by atoms with Crippen LogP contribution in [0.2, 0.25) is 0 Å². The van der Waals surface area contributed by atoms with Crippen molar-refractivity contribution in [2.45, 2.75) is 50.7 Å². The molecule has 7 heteroatoms. The lowest BCUT2D eigenvalue weighted by Gasteiger charge is -2.33. The van der Waals surface area contributed by atoms with Gasteiger partial charge < -0.3 is 15.0 Å². The quantitative estimate of drug-likeness (QED) is 0.465. The van der Waals surface area contributed by atoms with E-state index in [9.17, 15) is 9.59 Å². The van der Waals surface area contributed by atoms with Gasteiger partial charge >= 0.3 is 0 Å². The molecule has 4 rings (SSSR count). The molecule has 2 aromatic heterocycles. The number of methoxy groups -OCH3 is 1. The van der Waals surface area contributed by atoms with E-state index >= 15 is 0 Å². The minimum Gasteiger partial charge on any atom is -0.497 e. The number of rotatable bonds is 8. The van der Waals surface area contributed by atoms with Crippen molar-refractivity contribution >= 4 is 34.5 Å². The van der Waals surface area contributed by atoms with Crippen LogP contribution in [-0.2, 0) is 11.3 Å². The lowest BCUT2D eigenvalue weighted by Crippen LogP contribution is -2.46. The van der Waals surface area contributed by atoms with Gasteiger partial charge in [0.2, 0.25) is 5.91 Å². The Balaban J connectivity index is 1.72. The third-order valence-corrected chi connectivity index (χ3v) is 7.54. The van der Waals surface area contributed by atoms with Crippen molar-refractivity contribution in [3.63, 3.8) is 0 Å². The average molecular weight is 469 g/mol. The molecular weight excluding hydrogens is 440 g/mol.